The Morgan fingerprint density at radius 2 is 1.92 bits per heavy atom. The van der Waals surface area contributed by atoms with E-state index in [-0.39, 0.29) is 17.6 Å². The van der Waals surface area contributed by atoms with E-state index in [1.54, 1.807) is 21.9 Å². The van der Waals surface area contributed by atoms with Gasteiger partial charge in [0.05, 0.1) is 19.3 Å². The van der Waals surface area contributed by atoms with Gasteiger partial charge in [0.2, 0.25) is 11.8 Å². The number of halogens is 1. The molecule has 3 rings (SSSR count). The second-order valence-electron chi connectivity index (χ2n) is 6.21. The second-order valence-corrected chi connectivity index (χ2v) is 6.21. The molecule has 2 fully saturated rings. The SMILES string of the molecule is N[C@H]1CCN([C@@H](Cc2ccc(F)cc2)C(=O)N2CCOCC2)C1=O. The first-order valence-electron chi connectivity index (χ1n) is 8.23. The van der Waals surface area contributed by atoms with E-state index in [0.29, 0.717) is 45.7 Å². The molecule has 0 saturated carbocycles. The Morgan fingerprint density at radius 1 is 1.25 bits per heavy atom. The maximum absolute atomic E-state index is 13.1. The lowest BCUT2D eigenvalue weighted by atomic mass is 10.0. The van der Waals surface area contributed by atoms with E-state index in [9.17, 15) is 14.0 Å². The molecule has 2 amide bonds. The standard InChI is InChI=1S/C17H22FN3O3/c18-13-3-1-12(2-4-13)11-15(21-6-5-14(19)16(21)22)17(23)20-7-9-24-10-8-20/h1-4,14-15H,5-11,19H2/t14-,15-/m0/s1. The topological polar surface area (TPSA) is 75.9 Å². The lowest BCUT2D eigenvalue weighted by molar-refractivity contribution is -0.146. The van der Waals surface area contributed by atoms with Crippen molar-refractivity contribution in [2.75, 3.05) is 32.8 Å². The number of likely N-dealkylation sites (tertiary alicyclic amines) is 1. The molecule has 0 aliphatic carbocycles. The van der Waals surface area contributed by atoms with Crippen LogP contribution in [0.15, 0.2) is 24.3 Å². The molecule has 0 spiro atoms. The summed E-state index contributed by atoms with van der Waals surface area (Å²) in [6.45, 7) is 2.52. The lowest BCUT2D eigenvalue weighted by Gasteiger charge is -2.34. The van der Waals surface area contributed by atoms with Gasteiger partial charge in [-0.2, -0.15) is 0 Å². The van der Waals surface area contributed by atoms with Crippen LogP contribution in [0.2, 0.25) is 0 Å². The molecular formula is C17H22FN3O3. The fourth-order valence-electron chi connectivity index (χ4n) is 3.20. The quantitative estimate of drug-likeness (QED) is 0.850. The van der Waals surface area contributed by atoms with E-state index >= 15 is 0 Å². The summed E-state index contributed by atoms with van der Waals surface area (Å²) >= 11 is 0. The van der Waals surface area contributed by atoms with Crippen LogP contribution in [0.1, 0.15) is 12.0 Å². The Balaban J connectivity index is 1.81. The van der Waals surface area contributed by atoms with Crippen molar-refractivity contribution in [2.24, 2.45) is 5.73 Å². The lowest BCUT2D eigenvalue weighted by Crippen LogP contribution is -2.54. The second kappa shape index (κ2) is 7.27. The van der Waals surface area contributed by atoms with Crippen molar-refractivity contribution in [2.45, 2.75) is 24.9 Å². The molecule has 6 nitrogen and oxygen atoms in total. The maximum Gasteiger partial charge on any atom is 0.245 e. The molecule has 24 heavy (non-hydrogen) atoms. The van der Waals surface area contributed by atoms with E-state index in [1.807, 2.05) is 0 Å². The summed E-state index contributed by atoms with van der Waals surface area (Å²) in [7, 11) is 0. The minimum Gasteiger partial charge on any atom is -0.378 e. The van der Waals surface area contributed by atoms with Gasteiger partial charge in [0.25, 0.3) is 0 Å². The van der Waals surface area contributed by atoms with E-state index in [4.69, 9.17) is 10.5 Å². The molecule has 1 aromatic carbocycles. The number of rotatable bonds is 4. The van der Waals surface area contributed by atoms with E-state index < -0.39 is 12.1 Å². The van der Waals surface area contributed by atoms with Gasteiger partial charge in [-0.25, -0.2) is 4.39 Å². The summed E-state index contributed by atoms with van der Waals surface area (Å²) in [6, 6.07) is 4.88. The molecule has 0 aromatic heterocycles. The molecule has 2 N–H and O–H groups in total. The summed E-state index contributed by atoms with van der Waals surface area (Å²) < 4.78 is 18.4. The van der Waals surface area contributed by atoms with Crippen LogP contribution in [0, 0.1) is 5.82 Å². The monoisotopic (exact) mass is 335 g/mol. The summed E-state index contributed by atoms with van der Waals surface area (Å²) in [4.78, 5) is 28.6. The summed E-state index contributed by atoms with van der Waals surface area (Å²) in [5.74, 6) is -0.608. The molecule has 130 valence electrons. The molecule has 2 atom stereocenters. The smallest absolute Gasteiger partial charge is 0.245 e. The first kappa shape index (κ1) is 16.9. The van der Waals surface area contributed by atoms with Gasteiger partial charge in [0, 0.05) is 26.1 Å². The normalized spacial score (nSPS) is 22.8. The maximum atomic E-state index is 13.1. The van der Waals surface area contributed by atoms with Gasteiger partial charge < -0.3 is 20.3 Å². The number of amides is 2. The van der Waals surface area contributed by atoms with Gasteiger partial charge in [0.1, 0.15) is 11.9 Å². The third kappa shape index (κ3) is 3.57. The zero-order valence-corrected chi connectivity index (χ0v) is 13.5. The largest absolute Gasteiger partial charge is 0.378 e. The number of nitrogens with zero attached hydrogens (tertiary/aromatic N) is 2. The molecule has 0 radical (unpaired) electrons. The zero-order valence-electron chi connectivity index (χ0n) is 13.5. The number of morpholine rings is 1. The minimum atomic E-state index is -0.602. The summed E-state index contributed by atoms with van der Waals surface area (Å²) in [6.07, 6.45) is 0.907. The molecule has 2 heterocycles. The van der Waals surface area contributed by atoms with Crippen molar-refractivity contribution in [3.63, 3.8) is 0 Å². The molecule has 2 aliphatic rings. The predicted octanol–water partition coefficient (Wildman–Crippen LogP) is 0.155. The van der Waals surface area contributed by atoms with Crippen LogP contribution in [0.5, 0.6) is 0 Å². The Bertz CT molecular complexity index is 602. The molecule has 0 bridgehead atoms. The highest BCUT2D eigenvalue weighted by Gasteiger charge is 2.39. The fraction of sp³-hybridized carbons (Fsp3) is 0.529. The van der Waals surface area contributed by atoms with Crippen LogP contribution in [-0.2, 0) is 20.7 Å². The highest BCUT2D eigenvalue weighted by molar-refractivity contribution is 5.91. The first-order chi connectivity index (χ1) is 11.6. The highest BCUT2D eigenvalue weighted by atomic mass is 19.1. The van der Waals surface area contributed by atoms with Crippen LogP contribution in [0.25, 0.3) is 0 Å². The van der Waals surface area contributed by atoms with Gasteiger partial charge in [-0.05, 0) is 24.1 Å². The summed E-state index contributed by atoms with van der Waals surface area (Å²) in [5.41, 5.74) is 6.63. The number of hydrogen-bond donors (Lipinski definition) is 1. The highest BCUT2D eigenvalue weighted by Crippen LogP contribution is 2.19. The van der Waals surface area contributed by atoms with Crippen LogP contribution < -0.4 is 5.73 Å². The van der Waals surface area contributed by atoms with Crippen LogP contribution in [0.4, 0.5) is 4.39 Å². The minimum absolute atomic E-state index is 0.0925. The number of nitrogens with two attached hydrogens (primary N) is 1. The Kier molecular flexibility index (Phi) is 5.11. The van der Waals surface area contributed by atoms with Crippen molar-refractivity contribution in [3.05, 3.63) is 35.6 Å². The molecule has 0 unspecified atom stereocenters. The Hall–Kier alpha value is -1.99. The van der Waals surface area contributed by atoms with Gasteiger partial charge in [0.15, 0.2) is 0 Å². The number of benzene rings is 1. The molecule has 2 saturated heterocycles. The van der Waals surface area contributed by atoms with Gasteiger partial charge in [-0.15, -0.1) is 0 Å². The third-order valence-corrected chi connectivity index (χ3v) is 4.61. The van der Waals surface area contributed by atoms with Crippen LogP contribution >= 0.6 is 0 Å². The fourth-order valence-corrected chi connectivity index (χ4v) is 3.20. The van der Waals surface area contributed by atoms with Crippen molar-refractivity contribution in [3.8, 4) is 0 Å². The van der Waals surface area contributed by atoms with Crippen molar-refractivity contribution >= 4 is 11.8 Å². The van der Waals surface area contributed by atoms with Gasteiger partial charge >= 0.3 is 0 Å². The van der Waals surface area contributed by atoms with Gasteiger partial charge in [-0.3, -0.25) is 9.59 Å². The average Bonchev–Trinajstić information content (AvgIpc) is 2.94. The predicted molar refractivity (Wildman–Crippen MR) is 85.6 cm³/mol. The van der Waals surface area contributed by atoms with E-state index in [0.717, 1.165) is 5.56 Å². The number of carbonyl (C=O) groups excluding carboxylic acids is 2. The molecule has 1 aromatic rings. The van der Waals surface area contributed by atoms with Crippen LogP contribution in [-0.4, -0.2) is 66.5 Å². The third-order valence-electron chi connectivity index (χ3n) is 4.61. The number of ether oxygens (including phenoxy) is 1. The Morgan fingerprint density at radius 3 is 2.50 bits per heavy atom. The molecule has 7 heteroatoms. The number of carbonyl (C=O) groups is 2. The molecule has 2 aliphatic heterocycles. The molecular weight excluding hydrogens is 313 g/mol. The van der Waals surface area contributed by atoms with Crippen molar-refractivity contribution in [1.29, 1.82) is 0 Å². The average molecular weight is 335 g/mol. The van der Waals surface area contributed by atoms with E-state index in [1.165, 1.54) is 12.1 Å². The zero-order chi connectivity index (χ0) is 17.1. The van der Waals surface area contributed by atoms with Crippen molar-refractivity contribution in [1.82, 2.24) is 9.80 Å². The number of hydrogen-bond acceptors (Lipinski definition) is 4. The first-order valence-corrected chi connectivity index (χ1v) is 8.23. The van der Waals surface area contributed by atoms with Crippen LogP contribution in [0.3, 0.4) is 0 Å². The van der Waals surface area contributed by atoms with E-state index in [2.05, 4.69) is 0 Å². The summed E-state index contributed by atoms with van der Waals surface area (Å²) in [5, 5.41) is 0. The van der Waals surface area contributed by atoms with Gasteiger partial charge in [-0.1, -0.05) is 12.1 Å². The van der Waals surface area contributed by atoms with Crippen molar-refractivity contribution < 1.29 is 18.7 Å². The Labute approximate surface area is 140 Å².